The number of anilines is 4. The molecule has 0 aliphatic rings. The number of hydrogen-bond acceptors (Lipinski definition) is 9. The zero-order valence-corrected chi connectivity index (χ0v) is 20.1. The lowest BCUT2D eigenvalue weighted by Gasteiger charge is -2.18. The van der Waals surface area contributed by atoms with E-state index in [1.165, 1.54) is 6.20 Å². The lowest BCUT2D eigenvalue weighted by Crippen LogP contribution is -2.29. The normalized spacial score (nSPS) is 11.0. The highest BCUT2D eigenvalue weighted by Crippen LogP contribution is 2.23. The highest BCUT2D eigenvalue weighted by Gasteiger charge is 2.16. The summed E-state index contributed by atoms with van der Waals surface area (Å²) >= 11 is 0. The largest absolute Gasteiger partial charge is 0.418 e. The number of likely N-dealkylation sites (N-methyl/N-ethyl adjacent to an activating group) is 1. The molecular formula is C23H32N8O2. The average Bonchev–Trinajstić information content (AvgIpc) is 3.22. The average molecular weight is 453 g/mol. The van der Waals surface area contributed by atoms with Gasteiger partial charge in [0, 0.05) is 18.8 Å². The molecule has 10 nitrogen and oxygen atoms in total. The molecule has 2 aromatic heterocycles. The minimum absolute atomic E-state index is 0.0835. The molecule has 1 aromatic carbocycles. The van der Waals surface area contributed by atoms with Gasteiger partial charge in [-0.05, 0) is 51.9 Å². The number of oxazole rings is 1. The molecule has 0 atom stereocenters. The van der Waals surface area contributed by atoms with Gasteiger partial charge in [0.05, 0.1) is 6.20 Å². The van der Waals surface area contributed by atoms with Gasteiger partial charge in [-0.15, -0.1) is 0 Å². The quantitative estimate of drug-likeness (QED) is 0.421. The Balaban J connectivity index is 1.65. The standard InChI is InChI=1S/C23H32N8O2/c1-7-31(8-2)10-9-24-21-26-17(6)27-22(29-21)30-23-25-13-18(33-23)20(32)28-19-15(4)11-14(3)12-16(19)5/h11-13H,7-10H2,1-6H3,(H,28,32)(H2,24,25,26,27,29,30). The van der Waals surface area contributed by atoms with Crippen LogP contribution in [-0.2, 0) is 0 Å². The van der Waals surface area contributed by atoms with Crippen LogP contribution in [0.15, 0.2) is 22.7 Å². The maximum atomic E-state index is 12.7. The maximum Gasteiger partial charge on any atom is 0.302 e. The molecule has 33 heavy (non-hydrogen) atoms. The first-order valence-electron chi connectivity index (χ1n) is 11.1. The van der Waals surface area contributed by atoms with Gasteiger partial charge in [-0.2, -0.15) is 15.0 Å². The minimum atomic E-state index is -0.379. The highest BCUT2D eigenvalue weighted by atomic mass is 16.4. The molecule has 0 radical (unpaired) electrons. The number of carbonyl (C=O) groups is 1. The van der Waals surface area contributed by atoms with Crippen molar-refractivity contribution in [1.29, 1.82) is 0 Å². The van der Waals surface area contributed by atoms with Gasteiger partial charge in [-0.1, -0.05) is 31.5 Å². The van der Waals surface area contributed by atoms with Crippen molar-refractivity contribution in [2.24, 2.45) is 0 Å². The molecule has 0 fully saturated rings. The van der Waals surface area contributed by atoms with Crippen LogP contribution < -0.4 is 16.0 Å². The van der Waals surface area contributed by atoms with Crippen LogP contribution in [0.3, 0.4) is 0 Å². The molecule has 3 N–H and O–H groups in total. The van der Waals surface area contributed by atoms with E-state index >= 15 is 0 Å². The monoisotopic (exact) mass is 452 g/mol. The van der Waals surface area contributed by atoms with E-state index in [1.54, 1.807) is 6.92 Å². The Labute approximate surface area is 194 Å². The van der Waals surface area contributed by atoms with Crippen LogP contribution in [0.2, 0.25) is 0 Å². The van der Waals surface area contributed by atoms with Gasteiger partial charge in [0.25, 0.3) is 5.91 Å². The first-order chi connectivity index (χ1) is 15.8. The first-order valence-corrected chi connectivity index (χ1v) is 11.1. The van der Waals surface area contributed by atoms with Crippen molar-refractivity contribution in [2.75, 3.05) is 42.1 Å². The fourth-order valence-electron chi connectivity index (χ4n) is 3.57. The Bertz CT molecular complexity index is 1080. The molecular weight excluding hydrogens is 420 g/mol. The number of nitrogens with zero attached hydrogens (tertiary/aromatic N) is 5. The Morgan fingerprint density at radius 2 is 1.67 bits per heavy atom. The number of carbonyl (C=O) groups excluding carboxylic acids is 1. The van der Waals surface area contributed by atoms with E-state index in [2.05, 4.69) is 54.6 Å². The van der Waals surface area contributed by atoms with Crippen molar-refractivity contribution in [1.82, 2.24) is 24.8 Å². The number of benzene rings is 1. The molecule has 0 aliphatic heterocycles. The van der Waals surface area contributed by atoms with E-state index in [-0.39, 0.29) is 23.6 Å². The third kappa shape index (κ3) is 6.48. The predicted molar refractivity (Wildman–Crippen MR) is 129 cm³/mol. The van der Waals surface area contributed by atoms with Crippen LogP contribution in [0.5, 0.6) is 0 Å². The molecule has 2 heterocycles. The van der Waals surface area contributed by atoms with Crippen LogP contribution in [0.25, 0.3) is 0 Å². The summed E-state index contributed by atoms with van der Waals surface area (Å²) in [6, 6.07) is 4.16. The Morgan fingerprint density at radius 3 is 2.33 bits per heavy atom. The van der Waals surface area contributed by atoms with Crippen molar-refractivity contribution < 1.29 is 9.21 Å². The van der Waals surface area contributed by atoms with Gasteiger partial charge >= 0.3 is 6.01 Å². The number of rotatable bonds is 10. The van der Waals surface area contributed by atoms with Crippen LogP contribution in [0.4, 0.5) is 23.6 Å². The number of nitrogens with one attached hydrogen (secondary N) is 3. The van der Waals surface area contributed by atoms with Crippen LogP contribution in [0, 0.1) is 27.7 Å². The van der Waals surface area contributed by atoms with E-state index in [0.717, 1.165) is 42.0 Å². The zero-order valence-electron chi connectivity index (χ0n) is 20.1. The topological polar surface area (TPSA) is 121 Å². The SMILES string of the molecule is CCN(CC)CCNc1nc(C)nc(Nc2ncc(C(=O)Nc3c(C)cc(C)cc3C)o2)n1. The van der Waals surface area contributed by atoms with Gasteiger partial charge in [0.15, 0.2) is 0 Å². The molecule has 0 aliphatic carbocycles. The van der Waals surface area contributed by atoms with Crippen molar-refractivity contribution in [3.63, 3.8) is 0 Å². The van der Waals surface area contributed by atoms with E-state index in [1.807, 2.05) is 32.9 Å². The summed E-state index contributed by atoms with van der Waals surface area (Å²) < 4.78 is 5.58. The summed E-state index contributed by atoms with van der Waals surface area (Å²) in [6.07, 6.45) is 1.37. The summed E-state index contributed by atoms with van der Waals surface area (Å²) in [5.41, 5.74) is 3.88. The molecule has 1 amide bonds. The fourth-order valence-corrected chi connectivity index (χ4v) is 3.57. The van der Waals surface area contributed by atoms with Crippen LogP contribution >= 0.6 is 0 Å². The lowest BCUT2D eigenvalue weighted by molar-refractivity contribution is 0.0997. The molecule has 10 heteroatoms. The van der Waals surface area contributed by atoms with Gasteiger partial charge in [-0.25, -0.2) is 4.98 Å². The first kappa shape index (κ1) is 24.1. The van der Waals surface area contributed by atoms with Gasteiger partial charge in [0.2, 0.25) is 17.7 Å². The number of amides is 1. The van der Waals surface area contributed by atoms with E-state index in [4.69, 9.17) is 4.42 Å². The summed E-state index contributed by atoms with van der Waals surface area (Å²) in [7, 11) is 0. The second-order valence-corrected chi connectivity index (χ2v) is 7.87. The maximum absolute atomic E-state index is 12.7. The van der Waals surface area contributed by atoms with E-state index < -0.39 is 0 Å². The predicted octanol–water partition coefficient (Wildman–Crippen LogP) is 3.84. The van der Waals surface area contributed by atoms with Crippen molar-refractivity contribution in [3.05, 3.63) is 46.6 Å². The fraction of sp³-hybridized carbons (Fsp3) is 0.435. The number of aromatic nitrogens is 4. The lowest BCUT2D eigenvalue weighted by atomic mass is 10.1. The van der Waals surface area contributed by atoms with E-state index in [9.17, 15) is 4.79 Å². The molecule has 176 valence electrons. The highest BCUT2D eigenvalue weighted by molar-refractivity contribution is 6.03. The van der Waals surface area contributed by atoms with Gasteiger partial charge < -0.3 is 20.0 Å². The van der Waals surface area contributed by atoms with Gasteiger partial charge in [0.1, 0.15) is 5.82 Å². The summed E-state index contributed by atoms with van der Waals surface area (Å²) in [4.78, 5) is 32.1. The number of hydrogen-bond donors (Lipinski definition) is 3. The third-order valence-electron chi connectivity index (χ3n) is 5.22. The number of aryl methyl sites for hydroxylation is 4. The summed E-state index contributed by atoms with van der Waals surface area (Å²) in [6.45, 7) is 15.6. The summed E-state index contributed by atoms with van der Waals surface area (Å²) in [5, 5.41) is 9.03. The molecule has 0 saturated carbocycles. The second kappa shape index (κ2) is 10.9. The van der Waals surface area contributed by atoms with Crippen molar-refractivity contribution in [3.8, 4) is 0 Å². The van der Waals surface area contributed by atoms with Crippen LogP contribution in [0.1, 0.15) is 46.9 Å². The van der Waals surface area contributed by atoms with Crippen molar-refractivity contribution in [2.45, 2.75) is 41.5 Å². The molecule has 3 rings (SSSR count). The molecule has 3 aromatic rings. The van der Waals surface area contributed by atoms with E-state index in [0.29, 0.717) is 18.3 Å². The Kier molecular flexibility index (Phi) is 7.94. The zero-order chi connectivity index (χ0) is 24.0. The molecule has 0 unspecified atom stereocenters. The minimum Gasteiger partial charge on any atom is -0.418 e. The molecule has 0 spiro atoms. The Morgan fingerprint density at radius 1 is 1.00 bits per heavy atom. The second-order valence-electron chi connectivity index (χ2n) is 7.87. The van der Waals surface area contributed by atoms with Crippen molar-refractivity contribution >= 4 is 29.5 Å². The van der Waals surface area contributed by atoms with Gasteiger partial charge in [-0.3, -0.25) is 10.1 Å². The smallest absolute Gasteiger partial charge is 0.302 e. The molecule has 0 saturated heterocycles. The Hall–Kier alpha value is -3.53. The third-order valence-corrected chi connectivity index (χ3v) is 5.22. The molecule has 0 bridgehead atoms. The van der Waals surface area contributed by atoms with Crippen LogP contribution in [-0.4, -0.2) is 56.9 Å². The summed E-state index contributed by atoms with van der Waals surface area (Å²) in [5.74, 6) is 1.00.